The average Bonchev–Trinajstić information content (AvgIpc) is 2.47. The summed E-state index contributed by atoms with van der Waals surface area (Å²) in [5, 5.41) is 4.30. The molecule has 0 radical (unpaired) electrons. The minimum atomic E-state index is 0.106. The Morgan fingerprint density at radius 1 is 1.46 bits per heavy atom. The molecule has 1 aromatic rings. The number of ether oxygens (including phenoxy) is 1. The van der Waals surface area contributed by atoms with E-state index in [-0.39, 0.29) is 6.23 Å². The van der Waals surface area contributed by atoms with Gasteiger partial charge in [0.2, 0.25) is 0 Å². The summed E-state index contributed by atoms with van der Waals surface area (Å²) < 4.78 is 9.29. The molecule has 1 atom stereocenters. The monoisotopic (exact) mass is 308 g/mol. The summed E-state index contributed by atoms with van der Waals surface area (Å²) in [4.78, 5) is 0. The molecular weight excluding hydrogens is 300 g/mol. The SMILES string of the molecule is Brc1cc(Br)n([C@@H]2CCCCO2)n1. The highest BCUT2D eigenvalue weighted by molar-refractivity contribution is 9.11. The van der Waals surface area contributed by atoms with Crippen LogP contribution in [0.1, 0.15) is 25.5 Å². The first-order chi connectivity index (χ1) is 6.27. The predicted octanol–water partition coefficient (Wildman–Crippen LogP) is 3.11. The summed E-state index contributed by atoms with van der Waals surface area (Å²) >= 11 is 6.78. The van der Waals surface area contributed by atoms with Gasteiger partial charge in [-0.2, -0.15) is 5.10 Å². The molecule has 3 nitrogen and oxygen atoms in total. The number of hydrogen-bond donors (Lipinski definition) is 0. The van der Waals surface area contributed by atoms with Crippen LogP contribution in [-0.4, -0.2) is 16.4 Å². The maximum atomic E-state index is 5.61. The van der Waals surface area contributed by atoms with Gasteiger partial charge >= 0.3 is 0 Å². The van der Waals surface area contributed by atoms with Crippen molar-refractivity contribution in [1.29, 1.82) is 0 Å². The molecule has 0 saturated carbocycles. The summed E-state index contributed by atoms with van der Waals surface area (Å²) in [6.07, 6.45) is 3.53. The fourth-order valence-electron chi connectivity index (χ4n) is 1.46. The van der Waals surface area contributed by atoms with Crippen LogP contribution < -0.4 is 0 Å². The van der Waals surface area contributed by atoms with Crippen molar-refractivity contribution in [1.82, 2.24) is 9.78 Å². The molecule has 0 spiro atoms. The van der Waals surface area contributed by atoms with Crippen LogP contribution in [0.2, 0.25) is 0 Å². The van der Waals surface area contributed by atoms with E-state index in [9.17, 15) is 0 Å². The summed E-state index contributed by atoms with van der Waals surface area (Å²) in [5.41, 5.74) is 0. The summed E-state index contributed by atoms with van der Waals surface area (Å²) in [7, 11) is 0. The van der Waals surface area contributed by atoms with Crippen LogP contribution in [0.15, 0.2) is 15.3 Å². The summed E-state index contributed by atoms with van der Waals surface area (Å²) in [5.74, 6) is 0. The molecular formula is C8H10Br2N2O. The van der Waals surface area contributed by atoms with E-state index >= 15 is 0 Å². The number of hydrogen-bond acceptors (Lipinski definition) is 2. The molecule has 1 aliphatic rings. The fourth-order valence-corrected chi connectivity index (χ4v) is 2.68. The molecule has 2 rings (SSSR count). The maximum absolute atomic E-state index is 5.61. The zero-order valence-electron chi connectivity index (χ0n) is 7.04. The second kappa shape index (κ2) is 4.11. The van der Waals surface area contributed by atoms with Crippen molar-refractivity contribution >= 4 is 31.9 Å². The van der Waals surface area contributed by atoms with Gasteiger partial charge in [-0.05, 0) is 51.1 Å². The van der Waals surface area contributed by atoms with Crippen LogP contribution >= 0.6 is 31.9 Å². The minimum absolute atomic E-state index is 0.106. The van der Waals surface area contributed by atoms with Crippen molar-refractivity contribution in [2.24, 2.45) is 0 Å². The first-order valence-electron chi connectivity index (χ1n) is 4.29. The van der Waals surface area contributed by atoms with Gasteiger partial charge in [0, 0.05) is 12.7 Å². The Kier molecular flexibility index (Phi) is 3.06. The Hall–Kier alpha value is 0.130. The van der Waals surface area contributed by atoms with Crippen molar-refractivity contribution in [3.05, 3.63) is 15.3 Å². The molecule has 0 amide bonds. The molecule has 0 N–H and O–H groups in total. The average molecular weight is 310 g/mol. The van der Waals surface area contributed by atoms with E-state index in [0.29, 0.717) is 0 Å². The van der Waals surface area contributed by atoms with E-state index in [1.165, 1.54) is 6.42 Å². The Labute approximate surface area is 93.7 Å². The van der Waals surface area contributed by atoms with Gasteiger partial charge in [0.05, 0.1) is 0 Å². The Bertz CT molecular complexity index is 294. The van der Waals surface area contributed by atoms with Gasteiger partial charge in [0.15, 0.2) is 6.23 Å². The lowest BCUT2D eigenvalue weighted by atomic mass is 10.2. The smallest absolute Gasteiger partial charge is 0.151 e. The third kappa shape index (κ3) is 2.14. The normalized spacial score (nSPS) is 23.4. The van der Waals surface area contributed by atoms with Crippen molar-refractivity contribution in [2.45, 2.75) is 25.5 Å². The topological polar surface area (TPSA) is 27.1 Å². The van der Waals surface area contributed by atoms with E-state index in [0.717, 1.165) is 28.7 Å². The van der Waals surface area contributed by atoms with Gasteiger partial charge in [-0.15, -0.1) is 0 Å². The third-order valence-corrected chi connectivity index (χ3v) is 3.07. The third-order valence-electron chi connectivity index (χ3n) is 2.09. The molecule has 0 bridgehead atoms. The molecule has 72 valence electrons. The molecule has 5 heteroatoms. The van der Waals surface area contributed by atoms with Crippen molar-refractivity contribution in [3.63, 3.8) is 0 Å². The fraction of sp³-hybridized carbons (Fsp3) is 0.625. The van der Waals surface area contributed by atoms with Gasteiger partial charge in [0.25, 0.3) is 0 Å². The number of rotatable bonds is 1. The van der Waals surface area contributed by atoms with E-state index in [2.05, 4.69) is 37.0 Å². The maximum Gasteiger partial charge on any atom is 0.151 e. The Morgan fingerprint density at radius 3 is 2.85 bits per heavy atom. The van der Waals surface area contributed by atoms with Crippen LogP contribution in [0.4, 0.5) is 0 Å². The molecule has 1 fully saturated rings. The Morgan fingerprint density at radius 2 is 2.31 bits per heavy atom. The second-order valence-corrected chi connectivity index (χ2v) is 4.68. The number of nitrogens with zero attached hydrogens (tertiary/aromatic N) is 2. The first-order valence-corrected chi connectivity index (χ1v) is 5.88. The highest BCUT2D eigenvalue weighted by Gasteiger charge is 2.18. The van der Waals surface area contributed by atoms with Gasteiger partial charge < -0.3 is 4.74 Å². The van der Waals surface area contributed by atoms with Crippen LogP contribution in [0, 0.1) is 0 Å². The van der Waals surface area contributed by atoms with E-state index in [1.54, 1.807) is 0 Å². The lowest BCUT2D eigenvalue weighted by Gasteiger charge is -2.23. The number of aromatic nitrogens is 2. The van der Waals surface area contributed by atoms with Crippen LogP contribution in [-0.2, 0) is 4.74 Å². The van der Waals surface area contributed by atoms with Gasteiger partial charge in [-0.25, -0.2) is 4.68 Å². The molecule has 0 unspecified atom stereocenters. The molecule has 0 aliphatic carbocycles. The zero-order valence-corrected chi connectivity index (χ0v) is 10.2. The highest BCUT2D eigenvalue weighted by Crippen LogP contribution is 2.27. The van der Waals surface area contributed by atoms with Gasteiger partial charge in [-0.3, -0.25) is 0 Å². The van der Waals surface area contributed by atoms with Crippen LogP contribution in [0.25, 0.3) is 0 Å². The molecule has 13 heavy (non-hydrogen) atoms. The van der Waals surface area contributed by atoms with Crippen molar-refractivity contribution in [3.8, 4) is 0 Å². The van der Waals surface area contributed by atoms with Gasteiger partial charge in [-0.1, -0.05) is 0 Å². The molecule has 2 heterocycles. The highest BCUT2D eigenvalue weighted by atomic mass is 79.9. The quantitative estimate of drug-likeness (QED) is 0.797. The molecule has 1 aromatic heterocycles. The van der Waals surface area contributed by atoms with E-state index in [4.69, 9.17) is 4.74 Å². The Balaban J connectivity index is 2.18. The standard InChI is InChI=1S/C8H10Br2N2O/c9-6-5-7(10)12(11-6)8-3-1-2-4-13-8/h5,8H,1-4H2/t8-/m0/s1. The minimum Gasteiger partial charge on any atom is -0.356 e. The zero-order chi connectivity index (χ0) is 9.26. The predicted molar refractivity (Wildman–Crippen MR) is 56.5 cm³/mol. The van der Waals surface area contributed by atoms with Gasteiger partial charge in [0.1, 0.15) is 9.21 Å². The second-order valence-electron chi connectivity index (χ2n) is 3.06. The molecule has 1 saturated heterocycles. The molecule has 1 aliphatic heterocycles. The lowest BCUT2D eigenvalue weighted by Crippen LogP contribution is -2.19. The van der Waals surface area contributed by atoms with Crippen molar-refractivity contribution < 1.29 is 4.74 Å². The largest absolute Gasteiger partial charge is 0.356 e. The number of halogens is 2. The van der Waals surface area contributed by atoms with Crippen LogP contribution in [0.5, 0.6) is 0 Å². The van der Waals surface area contributed by atoms with E-state index < -0.39 is 0 Å². The van der Waals surface area contributed by atoms with E-state index in [1.807, 2.05) is 10.7 Å². The summed E-state index contributed by atoms with van der Waals surface area (Å²) in [6.45, 7) is 0.842. The summed E-state index contributed by atoms with van der Waals surface area (Å²) in [6, 6.07) is 1.93. The molecule has 0 aromatic carbocycles. The van der Waals surface area contributed by atoms with Crippen LogP contribution in [0.3, 0.4) is 0 Å². The lowest BCUT2D eigenvalue weighted by molar-refractivity contribution is -0.0410. The van der Waals surface area contributed by atoms with Crippen molar-refractivity contribution in [2.75, 3.05) is 6.61 Å². The first kappa shape index (κ1) is 9.68.